The maximum atomic E-state index is 12.7. The molecule has 0 bridgehead atoms. The minimum atomic E-state index is -0.328. The Kier molecular flexibility index (Phi) is 7.41. The van der Waals surface area contributed by atoms with Crippen LogP contribution in [0.15, 0.2) is 48.5 Å². The average molecular weight is 479 g/mol. The molecule has 1 N–H and O–H groups in total. The summed E-state index contributed by atoms with van der Waals surface area (Å²) in [5.41, 5.74) is 3.23. The van der Waals surface area contributed by atoms with Crippen LogP contribution < -0.4 is 5.32 Å². The van der Waals surface area contributed by atoms with Crippen LogP contribution in [-0.2, 0) is 19.5 Å². The molecule has 0 saturated carbocycles. The summed E-state index contributed by atoms with van der Waals surface area (Å²) in [6.07, 6.45) is 0.792. The van der Waals surface area contributed by atoms with Crippen molar-refractivity contribution in [1.82, 2.24) is 4.90 Å². The maximum absolute atomic E-state index is 12.7. The van der Waals surface area contributed by atoms with Gasteiger partial charge in [0.15, 0.2) is 0 Å². The normalized spacial score (nSPS) is 13.1. The van der Waals surface area contributed by atoms with Crippen LogP contribution in [0.5, 0.6) is 0 Å². The summed E-state index contributed by atoms with van der Waals surface area (Å²) in [6, 6.07) is 17.3. The van der Waals surface area contributed by atoms with Crippen LogP contribution in [0.25, 0.3) is 0 Å². The lowest BCUT2D eigenvalue weighted by Gasteiger charge is -2.26. The van der Waals surface area contributed by atoms with E-state index in [0.717, 1.165) is 36.5 Å². The van der Waals surface area contributed by atoms with Crippen molar-refractivity contribution in [2.75, 3.05) is 11.9 Å². The second-order valence-electron chi connectivity index (χ2n) is 6.88. The Morgan fingerprint density at radius 3 is 2.53 bits per heavy atom. The summed E-state index contributed by atoms with van der Waals surface area (Å²) in [5.74, 6) is -0.328. The molecular formula is C22H18Cl3N3OS. The van der Waals surface area contributed by atoms with E-state index in [0.29, 0.717) is 26.2 Å². The van der Waals surface area contributed by atoms with Crippen LogP contribution in [0, 0.1) is 11.3 Å². The quantitative estimate of drug-likeness (QED) is 0.488. The van der Waals surface area contributed by atoms with Crippen LogP contribution in [0.1, 0.15) is 31.9 Å². The number of anilines is 1. The first kappa shape index (κ1) is 22.6. The molecule has 0 fully saturated rings. The second kappa shape index (κ2) is 9.82. The minimum absolute atomic E-state index is 0. The number of amides is 1. The number of carbonyl (C=O) groups excluding carboxylic acids is 1. The number of hydrogen-bond acceptors (Lipinski definition) is 4. The van der Waals surface area contributed by atoms with Crippen LogP contribution in [-0.4, -0.2) is 17.4 Å². The van der Waals surface area contributed by atoms with Gasteiger partial charge in [0.05, 0.1) is 5.56 Å². The predicted molar refractivity (Wildman–Crippen MR) is 125 cm³/mol. The van der Waals surface area contributed by atoms with Crippen molar-refractivity contribution in [2.45, 2.75) is 19.5 Å². The molecule has 0 spiro atoms. The highest BCUT2D eigenvalue weighted by atomic mass is 35.5. The lowest BCUT2D eigenvalue weighted by Crippen LogP contribution is -2.29. The first-order valence-electron chi connectivity index (χ1n) is 9.12. The number of halogens is 3. The van der Waals surface area contributed by atoms with E-state index >= 15 is 0 Å². The van der Waals surface area contributed by atoms with E-state index in [9.17, 15) is 10.1 Å². The molecule has 1 amide bonds. The number of fused-ring (bicyclic) bond motifs is 1. The zero-order valence-corrected chi connectivity index (χ0v) is 19.0. The molecule has 0 unspecified atom stereocenters. The lowest BCUT2D eigenvalue weighted by molar-refractivity contribution is 0.102. The Balaban J connectivity index is 0.00000256. The van der Waals surface area contributed by atoms with Gasteiger partial charge in [-0.25, -0.2) is 0 Å². The smallest absolute Gasteiger partial charge is 0.256 e. The number of nitriles is 1. The first-order chi connectivity index (χ1) is 14.0. The van der Waals surface area contributed by atoms with Crippen molar-refractivity contribution in [3.63, 3.8) is 0 Å². The fraction of sp³-hybridized carbons (Fsp3) is 0.182. The van der Waals surface area contributed by atoms with Crippen LogP contribution in [0.4, 0.5) is 5.00 Å². The molecule has 3 aromatic rings. The predicted octanol–water partition coefficient (Wildman–Crippen LogP) is 6.16. The SMILES string of the molecule is Cl.N#Cc1c(NC(=O)c2cc(Cl)cc(Cl)c2)sc2c1CCN(Cc1ccccc1)C2. The molecular weight excluding hydrogens is 461 g/mol. The van der Waals surface area contributed by atoms with E-state index in [1.54, 1.807) is 18.2 Å². The maximum Gasteiger partial charge on any atom is 0.256 e. The van der Waals surface area contributed by atoms with Crippen molar-refractivity contribution < 1.29 is 4.79 Å². The molecule has 2 heterocycles. The Hall–Kier alpha value is -2.07. The van der Waals surface area contributed by atoms with Gasteiger partial charge in [-0.1, -0.05) is 53.5 Å². The highest BCUT2D eigenvalue weighted by Gasteiger charge is 2.25. The molecule has 1 aromatic heterocycles. The van der Waals surface area contributed by atoms with Crippen LogP contribution >= 0.6 is 46.9 Å². The number of nitrogens with one attached hydrogen (secondary N) is 1. The molecule has 1 aliphatic rings. The average Bonchev–Trinajstić information content (AvgIpc) is 3.04. The van der Waals surface area contributed by atoms with Crippen molar-refractivity contribution in [1.29, 1.82) is 5.26 Å². The van der Waals surface area contributed by atoms with Gasteiger partial charge in [0.25, 0.3) is 5.91 Å². The zero-order valence-electron chi connectivity index (χ0n) is 15.8. The summed E-state index contributed by atoms with van der Waals surface area (Å²) in [7, 11) is 0. The molecule has 30 heavy (non-hydrogen) atoms. The number of carbonyl (C=O) groups is 1. The van der Waals surface area contributed by atoms with Gasteiger partial charge < -0.3 is 5.32 Å². The van der Waals surface area contributed by atoms with E-state index in [2.05, 4.69) is 28.4 Å². The van der Waals surface area contributed by atoms with Gasteiger partial charge in [-0.05, 0) is 35.7 Å². The molecule has 4 nitrogen and oxygen atoms in total. The van der Waals surface area contributed by atoms with E-state index in [-0.39, 0.29) is 18.3 Å². The van der Waals surface area contributed by atoms with Gasteiger partial charge in [-0.15, -0.1) is 23.7 Å². The molecule has 0 saturated heterocycles. The molecule has 0 aliphatic carbocycles. The van der Waals surface area contributed by atoms with E-state index in [4.69, 9.17) is 23.2 Å². The molecule has 2 aromatic carbocycles. The number of nitrogens with zero attached hydrogens (tertiary/aromatic N) is 2. The molecule has 1 aliphatic heterocycles. The third kappa shape index (κ3) is 4.97. The van der Waals surface area contributed by atoms with Gasteiger partial charge in [-0.3, -0.25) is 9.69 Å². The number of hydrogen-bond donors (Lipinski definition) is 1. The Morgan fingerprint density at radius 2 is 1.87 bits per heavy atom. The van der Waals surface area contributed by atoms with E-state index in [1.807, 2.05) is 18.2 Å². The van der Waals surface area contributed by atoms with E-state index < -0.39 is 0 Å². The lowest BCUT2D eigenvalue weighted by atomic mass is 10.0. The molecule has 154 valence electrons. The minimum Gasteiger partial charge on any atom is -0.312 e. The van der Waals surface area contributed by atoms with Crippen molar-refractivity contribution >= 4 is 57.9 Å². The van der Waals surface area contributed by atoms with Crippen LogP contribution in [0.2, 0.25) is 10.0 Å². The monoisotopic (exact) mass is 477 g/mol. The van der Waals surface area contributed by atoms with Gasteiger partial charge in [0, 0.05) is 40.1 Å². The third-order valence-corrected chi connectivity index (χ3v) is 6.42. The highest BCUT2D eigenvalue weighted by molar-refractivity contribution is 7.16. The fourth-order valence-corrected chi connectivity index (χ4v) is 5.26. The van der Waals surface area contributed by atoms with Crippen molar-refractivity contribution in [3.8, 4) is 6.07 Å². The van der Waals surface area contributed by atoms with Gasteiger partial charge in [-0.2, -0.15) is 5.26 Å². The third-order valence-electron chi connectivity index (χ3n) is 4.85. The molecule has 0 radical (unpaired) electrons. The zero-order chi connectivity index (χ0) is 20.4. The summed E-state index contributed by atoms with van der Waals surface area (Å²) in [6.45, 7) is 2.51. The van der Waals surface area contributed by atoms with Crippen molar-refractivity contribution in [3.05, 3.63) is 85.7 Å². The molecule has 8 heteroatoms. The van der Waals surface area contributed by atoms with Gasteiger partial charge in [0.2, 0.25) is 0 Å². The molecule has 0 atom stereocenters. The van der Waals surface area contributed by atoms with E-state index in [1.165, 1.54) is 16.9 Å². The topological polar surface area (TPSA) is 56.1 Å². The summed E-state index contributed by atoms with van der Waals surface area (Å²) >= 11 is 13.5. The number of rotatable bonds is 4. The van der Waals surface area contributed by atoms with Gasteiger partial charge in [0.1, 0.15) is 11.1 Å². The Morgan fingerprint density at radius 1 is 1.17 bits per heavy atom. The Bertz CT molecular complexity index is 1090. The van der Waals surface area contributed by atoms with Crippen LogP contribution in [0.3, 0.4) is 0 Å². The summed E-state index contributed by atoms with van der Waals surface area (Å²) in [4.78, 5) is 16.2. The molecule has 4 rings (SSSR count). The number of thiophene rings is 1. The first-order valence-corrected chi connectivity index (χ1v) is 10.7. The standard InChI is InChI=1S/C22H17Cl2N3OS.ClH/c23-16-8-15(9-17(24)10-16)21(28)26-22-19(11-25)18-6-7-27(13-20(18)29-22)12-14-4-2-1-3-5-14;/h1-5,8-10H,6-7,12-13H2,(H,26,28);1H. The largest absolute Gasteiger partial charge is 0.312 e. The highest BCUT2D eigenvalue weighted by Crippen LogP contribution is 2.37. The number of benzene rings is 2. The second-order valence-corrected chi connectivity index (χ2v) is 8.86. The van der Waals surface area contributed by atoms with Gasteiger partial charge >= 0.3 is 0 Å². The fourth-order valence-electron chi connectivity index (χ4n) is 3.50. The Labute approximate surface area is 195 Å². The summed E-state index contributed by atoms with van der Waals surface area (Å²) < 4.78 is 0. The summed E-state index contributed by atoms with van der Waals surface area (Å²) in [5, 5.41) is 13.9. The van der Waals surface area contributed by atoms with Crippen molar-refractivity contribution in [2.24, 2.45) is 0 Å².